The molecule has 0 radical (unpaired) electrons. The van der Waals surface area contributed by atoms with Crippen LogP contribution >= 0.6 is 0 Å². The van der Waals surface area contributed by atoms with Gasteiger partial charge in [-0.15, -0.1) is 0 Å². The van der Waals surface area contributed by atoms with Crippen LogP contribution in [0.4, 0.5) is 0 Å². The van der Waals surface area contributed by atoms with Crippen LogP contribution in [0.1, 0.15) is 103 Å². The summed E-state index contributed by atoms with van der Waals surface area (Å²) in [7, 11) is -6.63. The zero-order chi connectivity index (χ0) is 78.2. The molecule has 0 amide bonds. The Bertz CT molecular complexity index is 4090. The normalized spacial score (nSPS) is 27.7. The second-order valence-electron chi connectivity index (χ2n) is 33.2. The van der Waals surface area contributed by atoms with Gasteiger partial charge in [-0.05, 0) is 94.6 Å². The van der Waals surface area contributed by atoms with Gasteiger partial charge in [-0.1, -0.05) is 284 Å². The summed E-state index contributed by atoms with van der Waals surface area (Å²) in [4.78, 5) is 0. The number of aliphatic hydroxyl groups is 3. The number of aliphatic hydroxyl groups excluding tert-OH is 3. The van der Waals surface area contributed by atoms with Gasteiger partial charge in [0.2, 0.25) is 5.79 Å². The standard InChI is InChI=1S/C90H112O19Si2/c1-86(2,3)110(11,12)109-75(72(93)71(92)74-79-80(105-88(7,8)104-79)82-85(101-74)107-89(9,10)106-82)78-76(96-55-63-41-25-15-26-42-63)77(97-56-64-43-27-16-28-44-64)81(98-57-65-45-29-17-30-46-65)84(102-78)108-90(70(91)60-94-53-61-37-21-13-22-38-61)83(99-58-66-47-31-18-32-48-66)73(95-54-62-39-23-14-24-40-62)69(103-90)59-100-111(87(4,5)6,67-49-33-19-34-50-67)68-51-35-20-36-52-68/h13-52,69-85,91-93H,53-60H2,1-12H3/t69-,70?,71-,72-,73-,74-,75?,76+,77+,78-,79+,80+,81-,82-,83+,84-,85-,90+/m1/s1. The lowest BCUT2D eigenvalue weighted by Crippen LogP contribution is -2.70. The van der Waals surface area contributed by atoms with Gasteiger partial charge >= 0.3 is 0 Å². The van der Waals surface area contributed by atoms with E-state index in [1.54, 1.807) is 27.7 Å². The van der Waals surface area contributed by atoms with Crippen LogP contribution in [0.5, 0.6) is 0 Å². The lowest BCUT2D eigenvalue weighted by atomic mass is 9.87. The second-order valence-corrected chi connectivity index (χ2v) is 42.2. The SMILES string of the molecule is CC1(C)O[C@@H]2[C@H](O1)[C@H]1OC(C)(C)O[C@H]1O[C@@H]2[C@H](O)[C@@H](O)C(O[Si](C)(C)C(C)(C)C)[C@H]1O[C@H](O[C@]2(C(O)COCc3ccccc3)O[C@H](CO[Si](c3ccccc3)(c3ccccc3)C(C)(C)C)[C@@H](OCc3ccccc3)[C@@H]2OCc2ccccc2)[C@H](OCc2ccccc2)[C@@H](OCc2ccccc2)[C@@H]1OCc1ccccc1. The first kappa shape index (κ1) is 82.4. The lowest BCUT2D eigenvalue weighted by molar-refractivity contribution is -0.413. The molecule has 0 aliphatic carbocycles. The van der Waals surface area contributed by atoms with E-state index in [1.807, 2.05) is 218 Å². The Morgan fingerprint density at radius 2 is 0.811 bits per heavy atom. The Labute approximate surface area is 656 Å². The monoisotopic (exact) mass is 1550 g/mol. The zero-order valence-electron chi connectivity index (χ0n) is 65.9. The van der Waals surface area contributed by atoms with E-state index < -0.39 is 155 Å². The number of hydrogen-bond acceptors (Lipinski definition) is 19. The van der Waals surface area contributed by atoms with Crippen molar-refractivity contribution in [2.24, 2.45) is 0 Å². The first-order valence-electron chi connectivity index (χ1n) is 39.0. The first-order chi connectivity index (χ1) is 53.2. The van der Waals surface area contributed by atoms with Crippen molar-refractivity contribution < 1.29 is 90.5 Å². The molecule has 18 atom stereocenters. The van der Waals surface area contributed by atoms with Crippen LogP contribution in [0, 0.1) is 0 Å². The van der Waals surface area contributed by atoms with Gasteiger partial charge in [0.1, 0.15) is 91.6 Å². The molecule has 13 rings (SSSR count). The quantitative estimate of drug-likeness (QED) is 0.0327. The third-order valence-corrected chi connectivity index (χ3v) is 31.6. The molecule has 111 heavy (non-hydrogen) atoms. The number of hydrogen-bond donors (Lipinski definition) is 3. The molecule has 0 bridgehead atoms. The van der Waals surface area contributed by atoms with Crippen LogP contribution in [0.3, 0.4) is 0 Å². The number of rotatable bonds is 33. The van der Waals surface area contributed by atoms with Crippen molar-refractivity contribution in [3.05, 3.63) is 276 Å². The molecule has 5 heterocycles. The van der Waals surface area contributed by atoms with Gasteiger partial charge in [-0.3, -0.25) is 0 Å². The Kier molecular flexibility index (Phi) is 26.5. The Hall–Kier alpha value is -6.57. The van der Waals surface area contributed by atoms with E-state index in [-0.39, 0.29) is 46.2 Å². The fraction of sp³-hybridized carbons (Fsp3) is 0.467. The number of ether oxygens (including phenoxy) is 14. The van der Waals surface area contributed by atoms with Crippen molar-refractivity contribution in [3.8, 4) is 0 Å². The average molecular weight is 1550 g/mol. The molecule has 0 aromatic heterocycles. The Balaban J connectivity index is 1.02. The molecule has 5 saturated heterocycles. The molecular formula is C90H112O19Si2. The van der Waals surface area contributed by atoms with E-state index in [9.17, 15) is 15.3 Å². The minimum Gasteiger partial charge on any atom is -0.408 e. The largest absolute Gasteiger partial charge is 0.408 e. The minimum atomic E-state index is -3.43. The summed E-state index contributed by atoms with van der Waals surface area (Å²) in [6, 6.07) is 79.3. The van der Waals surface area contributed by atoms with Crippen molar-refractivity contribution in [1.82, 2.24) is 0 Å². The summed E-state index contributed by atoms with van der Waals surface area (Å²) in [6.45, 7) is 23.8. The summed E-state index contributed by atoms with van der Waals surface area (Å²) >= 11 is 0. The van der Waals surface area contributed by atoms with E-state index in [1.165, 1.54) is 0 Å². The molecule has 2 unspecified atom stereocenters. The van der Waals surface area contributed by atoms with Crippen molar-refractivity contribution in [3.63, 3.8) is 0 Å². The highest BCUT2D eigenvalue weighted by atomic mass is 28.4. The molecule has 8 aromatic carbocycles. The maximum Gasteiger partial charge on any atom is 0.261 e. The summed E-state index contributed by atoms with van der Waals surface area (Å²) < 4.78 is 117. The van der Waals surface area contributed by atoms with Gasteiger partial charge in [-0.2, -0.15) is 0 Å². The van der Waals surface area contributed by atoms with Crippen LogP contribution in [-0.2, 0) is 115 Å². The average Bonchev–Trinajstić information content (AvgIpc) is 1.60. The fourth-order valence-corrected chi connectivity index (χ4v) is 21.5. The first-order valence-corrected chi connectivity index (χ1v) is 43.8. The second kappa shape index (κ2) is 35.7. The maximum absolute atomic E-state index is 14.2. The van der Waals surface area contributed by atoms with Crippen LogP contribution < -0.4 is 10.4 Å². The van der Waals surface area contributed by atoms with Gasteiger partial charge in [0, 0.05) is 0 Å². The van der Waals surface area contributed by atoms with E-state index in [0.717, 1.165) is 43.8 Å². The smallest absolute Gasteiger partial charge is 0.261 e. The van der Waals surface area contributed by atoms with Gasteiger partial charge in [0.05, 0.1) is 52.9 Å². The molecule has 21 heteroatoms. The van der Waals surface area contributed by atoms with Gasteiger partial charge in [0.15, 0.2) is 32.5 Å². The van der Waals surface area contributed by atoms with Crippen molar-refractivity contribution in [2.45, 2.75) is 254 Å². The molecule has 5 aliphatic rings. The van der Waals surface area contributed by atoms with Crippen molar-refractivity contribution in [1.29, 1.82) is 0 Å². The maximum atomic E-state index is 14.2. The Morgan fingerprint density at radius 1 is 0.414 bits per heavy atom. The summed E-state index contributed by atoms with van der Waals surface area (Å²) in [5.74, 6) is -4.68. The topological polar surface area (TPSA) is 208 Å². The zero-order valence-corrected chi connectivity index (χ0v) is 67.9. The van der Waals surface area contributed by atoms with Gasteiger partial charge < -0.3 is 90.5 Å². The van der Waals surface area contributed by atoms with E-state index in [4.69, 9.17) is 75.2 Å². The third-order valence-electron chi connectivity index (χ3n) is 22.1. The number of benzene rings is 8. The van der Waals surface area contributed by atoms with Crippen LogP contribution in [0.2, 0.25) is 23.2 Å². The van der Waals surface area contributed by atoms with Crippen molar-refractivity contribution >= 4 is 27.0 Å². The van der Waals surface area contributed by atoms with Crippen LogP contribution in [-0.4, -0.2) is 167 Å². The molecule has 5 aliphatic heterocycles. The Morgan fingerprint density at radius 3 is 1.27 bits per heavy atom. The predicted octanol–water partition coefficient (Wildman–Crippen LogP) is 13.4. The molecule has 594 valence electrons. The lowest BCUT2D eigenvalue weighted by Gasteiger charge is -2.53. The highest BCUT2D eigenvalue weighted by molar-refractivity contribution is 6.99. The molecule has 0 saturated carbocycles. The molecule has 3 N–H and O–H groups in total. The van der Waals surface area contributed by atoms with E-state index in [2.05, 4.69) is 78.9 Å². The molecule has 19 nitrogen and oxygen atoms in total. The highest BCUT2D eigenvalue weighted by Gasteiger charge is 2.68. The summed E-state index contributed by atoms with van der Waals surface area (Å²) in [5.41, 5.74) is 4.93. The van der Waals surface area contributed by atoms with Crippen LogP contribution in [0.15, 0.2) is 243 Å². The van der Waals surface area contributed by atoms with Crippen molar-refractivity contribution in [2.75, 3.05) is 13.2 Å². The summed E-state index contributed by atoms with van der Waals surface area (Å²) in [5, 5.41) is 42.8. The minimum absolute atomic E-state index is 0.00173. The number of fused-ring (bicyclic) bond motifs is 3. The molecular weight excluding hydrogens is 1440 g/mol. The van der Waals surface area contributed by atoms with E-state index in [0.29, 0.717) is 0 Å². The summed E-state index contributed by atoms with van der Waals surface area (Å²) in [6.07, 6.45) is -22.6. The van der Waals surface area contributed by atoms with Gasteiger partial charge in [0.25, 0.3) is 8.32 Å². The highest BCUT2D eigenvalue weighted by Crippen LogP contribution is 2.50. The predicted molar refractivity (Wildman–Crippen MR) is 425 cm³/mol. The third kappa shape index (κ3) is 19.2. The molecule has 0 spiro atoms. The molecule has 8 aromatic rings. The van der Waals surface area contributed by atoms with Gasteiger partial charge in [-0.25, -0.2) is 0 Å². The van der Waals surface area contributed by atoms with E-state index >= 15 is 0 Å². The van der Waals surface area contributed by atoms with Crippen LogP contribution in [0.25, 0.3) is 0 Å². The fourth-order valence-electron chi connectivity index (χ4n) is 15.6. The molecule has 5 fully saturated rings.